The van der Waals surface area contributed by atoms with E-state index in [0.29, 0.717) is 25.1 Å². The van der Waals surface area contributed by atoms with Crippen molar-refractivity contribution in [3.05, 3.63) is 18.2 Å². The Balaban J connectivity index is 2.99. The summed E-state index contributed by atoms with van der Waals surface area (Å²) in [4.78, 5) is 78.9. The highest BCUT2D eigenvalue weighted by molar-refractivity contribution is 5.95. The van der Waals surface area contributed by atoms with Crippen molar-refractivity contribution in [2.24, 2.45) is 22.9 Å². The van der Waals surface area contributed by atoms with Crippen LogP contribution in [-0.4, -0.2) is 81.3 Å². The van der Waals surface area contributed by atoms with Crippen molar-refractivity contribution in [1.29, 1.82) is 0 Å². The molecule has 0 radical (unpaired) electrons. The van der Waals surface area contributed by atoms with E-state index in [1.807, 2.05) is 0 Å². The molecule has 0 saturated carbocycles. The SMILES string of the molecule is NCCCCC(NC(=O)C(N)Cc1cnc[nH]1)C(=O)NC(CCC(N)=O)C(=O)NC(CC(N)=O)C(=O)O. The van der Waals surface area contributed by atoms with Gasteiger partial charge < -0.3 is 49.0 Å². The molecule has 16 heteroatoms. The number of aliphatic carboxylic acids is 1. The zero-order valence-electron chi connectivity index (χ0n) is 20.3. The fourth-order valence-corrected chi connectivity index (χ4v) is 3.27. The molecule has 0 aromatic carbocycles. The van der Waals surface area contributed by atoms with Gasteiger partial charge in [-0.25, -0.2) is 9.78 Å². The zero-order valence-corrected chi connectivity index (χ0v) is 20.3. The molecular weight excluding hydrogens is 490 g/mol. The van der Waals surface area contributed by atoms with Crippen LogP contribution >= 0.6 is 0 Å². The number of carboxylic acid groups (broad SMARTS) is 1. The number of nitrogens with two attached hydrogens (primary N) is 4. The molecule has 0 bridgehead atoms. The second-order valence-electron chi connectivity index (χ2n) is 8.37. The minimum atomic E-state index is -1.65. The number of aromatic nitrogens is 2. The Morgan fingerprint density at radius 2 is 1.49 bits per heavy atom. The van der Waals surface area contributed by atoms with Gasteiger partial charge in [-0.2, -0.15) is 0 Å². The quantitative estimate of drug-likeness (QED) is 0.0839. The molecule has 1 aromatic rings. The minimum Gasteiger partial charge on any atom is -0.480 e. The molecule has 1 aromatic heterocycles. The number of hydrogen-bond acceptors (Lipinski definition) is 9. The molecule has 16 nitrogen and oxygen atoms in total. The van der Waals surface area contributed by atoms with Crippen LogP contribution in [0, 0.1) is 0 Å². The Morgan fingerprint density at radius 3 is 2.00 bits per heavy atom. The number of hydrogen-bond donors (Lipinski definition) is 9. The molecule has 13 N–H and O–H groups in total. The number of primary amides is 2. The zero-order chi connectivity index (χ0) is 28.0. The van der Waals surface area contributed by atoms with E-state index >= 15 is 0 Å². The lowest BCUT2D eigenvalue weighted by molar-refractivity contribution is -0.144. The second-order valence-corrected chi connectivity index (χ2v) is 8.37. The third kappa shape index (κ3) is 12.0. The Morgan fingerprint density at radius 1 is 0.892 bits per heavy atom. The largest absolute Gasteiger partial charge is 0.480 e. The predicted octanol–water partition coefficient (Wildman–Crippen LogP) is -3.91. The summed E-state index contributed by atoms with van der Waals surface area (Å²) < 4.78 is 0. The van der Waals surface area contributed by atoms with Crippen LogP contribution in [0.25, 0.3) is 0 Å². The van der Waals surface area contributed by atoms with Crippen LogP contribution in [0.5, 0.6) is 0 Å². The van der Waals surface area contributed by atoms with Gasteiger partial charge in [-0.3, -0.25) is 24.0 Å². The summed E-state index contributed by atoms with van der Waals surface area (Å²) in [7, 11) is 0. The second kappa shape index (κ2) is 15.8. The number of carbonyl (C=O) groups is 6. The third-order valence-corrected chi connectivity index (χ3v) is 5.24. The molecule has 0 aliphatic heterocycles. The number of nitrogens with zero attached hydrogens (tertiary/aromatic N) is 1. The van der Waals surface area contributed by atoms with Crippen molar-refractivity contribution in [2.75, 3.05) is 6.54 Å². The van der Waals surface area contributed by atoms with Gasteiger partial charge in [0.05, 0.1) is 18.8 Å². The number of carboxylic acids is 1. The molecule has 4 unspecified atom stereocenters. The Labute approximate surface area is 212 Å². The number of H-pyrrole nitrogens is 1. The van der Waals surface area contributed by atoms with Gasteiger partial charge in [0.25, 0.3) is 0 Å². The highest BCUT2D eigenvalue weighted by Gasteiger charge is 2.31. The third-order valence-electron chi connectivity index (χ3n) is 5.24. The first kappa shape index (κ1) is 31.0. The standard InChI is InChI=1S/C21H35N9O7/c22-6-2-1-3-13(28-18(33)12(23)7-11-9-26-10-27-11)19(34)29-14(4-5-16(24)31)20(35)30-15(21(36)37)8-17(25)32/h9-10,12-15H,1-8,22-23H2,(H2,24,31)(H2,25,32)(H,26,27)(H,28,33)(H,29,34)(H,30,35)(H,36,37). The van der Waals surface area contributed by atoms with Crippen LogP contribution in [0.1, 0.15) is 44.2 Å². The molecule has 1 heterocycles. The number of rotatable bonds is 18. The minimum absolute atomic E-state index is 0.128. The van der Waals surface area contributed by atoms with Gasteiger partial charge in [0, 0.05) is 24.7 Å². The number of carbonyl (C=O) groups excluding carboxylic acids is 5. The average molecular weight is 526 g/mol. The highest BCUT2D eigenvalue weighted by atomic mass is 16.4. The molecule has 0 saturated heterocycles. The summed E-state index contributed by atoms with van der Waals surface area (Å²) in [5, 5.41) is 16.3. The summed E-state index contributed by atoms with van der Waals surface area (Å²) in [5.74, 6) is -5.65. The van der Waals surface area contributed by atoms with Gasteiger partial charge in [-0.05, 0) is 32.2 Å². The van der Waals surface area contributed by atoms with E-state index in [9.17, 15) is 33.9 Å². The fraction of sp³-hybridized carbons (Fsp3) is 0.571. The first-order valence-electron chi connectivity index (χ1n) is 11.6. The van der Waals surface area contributed by atoms with Gasteiger partial charge in [-0.15, -0.1) is 0 Å². The molecule has 5 amide bonds. The number of nitrogens with one attached hydrogen (secondary N) is 4. The predicted molar refractivity (Wildman–Crippen MR) is 129 cm³/mol. The van der Waals surface area contributed by atoms with E-state index in [2.05, 4.69) is 25.9 Å². The number of aromatic amines is 1. The highest BCUT2D eigenvalue weighted by Crippen LogP contribution is 2.06. The maximum Gasteiger partial charge on any atom is 0.326 e. The smallest absolute Gasteiger partial charge is 0.326 e. The Bertz CT molecular complexity index is 939. The van der Waals surface area contributed by atoms with Crippen LogP contribution in [-0.2, 0) is 35.2 Å². The molecule has 37 heavy (non-hydrogen) atoms. The van der Waals surface area contributed by atoms with Gasteiger partial charge in [-0.1, -0.05) is 0 Å². The topological polar surface area (TPSA) is 292 Å². The van der Waals surface area contributed by atoms with E-state index in [-0.39, 0.29) is 25.7 Å². The first-order chi connectivity index (χ1) is 17.4. The maximum atomic E-state index is 13.1. The summed E-state index contributed by atoms with van der Waals surface area (Å²) in [6, 6.07) is -5.18. The van der Waals surface area contributed by atoms with Crippen molar-refractivity contribution in [2.45, 2.75) is 69.1 Å². The van der Waals surface area contributed by atoms with Crippen LogP contribution in [0.4, 0.5) is 0 Å². The van der Waals surface area contributed by atoms with E-state index in [0.717, 1.165) is 0 Å². The van der Waals surface area contributed by atoms with Crippen LogP contribution in [0.2, 0.25) is 0 Å². The summed E-state index contributed by atoms with van der Waals surface area (Å²) in [5.41, 5.74) is 22.2. The van der Waals surface area contributed by atoms with Crippen LogP contribution < -0.4 is 38.9 Å². The molecule has 206 valence electrons. The van der Waals surface area contributed by atoms with Crippen molar-refractivity contribution in [3.8, 4) is 0 Å². The van der Waals surface area contributed by atoms with Crippen molar-refractivity contribution in [3.63, 3.8) is 0 Å². The van der Waals surface area contributed by atoms with E-state index in [4.69, 9.17) is 22.9 Å². The van der Waals surface area contributed by atoms with Gasteiger partial charge in [0.2, 0.25) is 29.5 Å². The molecule has 0 aliphatic carbocycles. The molecule has 0 spiro atoms. The van der Waals surface area contributed by atoms with Gasteiger partial charge in [0.15, 0.2) is 0 Å². The average Bonchev–Trinajstić information content (AvgIpc) is 3.32. The lowest BCUT2D eigenvalue weighted by Crippen LogP contribution is -2.57. The molecule has 4 atom stereocenters. The fourth-order valence-electron chi connectivity index (χ4n) is 3.27. The monoisotopic (exact) mass is 525 g/mol. The normalized spacial score (nSPS) is 14.0. The first-order valence-corrected chi connectivity index (χ1v) is 11.6. The van der Waals surface area contributed by atoms with E-state index in [1.54, 1.807) is 0 Å². The van der Waals surface area contributed by atoms with Gasteiger partial charge in [0.1, 0.15) is 18.1 Å². The Kier molecular flexibility index (Phi) is 13.3. The number of imidazole rings is 1. The lowest BCUT2D eigenvalue weighted by atomic mass is 10.0. The molecule has 0 aliphatic rings. The van der Waals surface area contributed by atoms with Crippen LogP contribution in [0.3, 0.4) is 0 Å². The summed E-state index contributed by atoms with van der Waals surface area (Å²) in [6.07, 6.45) is 2.97. The molecule has 1 rings (SSSR count). The van der Waals surface area contributed by atoms with E-state index < -0.39 is 66.1 Å². The number of amides is 5. The van der Waals surface area contributed by atoms with Crippen molar-refractivity contribution < 1.29 is 33.9 Å². The molecular formula is C21H35N9O7. The van der Waals surface area contributed by atoms with Crippen LogP contribution in [0.15, 0.2) is 12.5 Å². The van der Waals surface area contributed by atoms with Gasteiger partial charge >= 0.3 is 5.97 Å². The summed E-state index contributed by atoms with van der Waals surface area (Å²) >= 11 is 0. The lowest BCUT2D eigenvalue weighted by Gasteiger charge is -2.25. The molecule has 0 fully saturated rings. The Hall–Kier alpha value is -4.05. The van der Waals surface area contributed by atoms with Crippen molar-refractivity contribution >= 4 is 35.5 Å². The van der Waals surface area contributed by atoms with E-state index in [1.165, 1.54) is 12.5 Å². The number of unbranched alkanes of at least 4 members (excludes halogenated alkanes) is 1. The summed E-state index contributed by atoms with van der Waals surface area (Å²) in [6.45, 7) is 0.349. The maximum absolute atomic E-state index is 13.1. The van der Waals surface area contributed by atoms with Crippen molar-refractivity contribution in [1.82, 2.24) is 25.9 Å².